The Morgan fingerprint density at radius 1 is 0.897 bits per heavy atom. The fourth-order valence-electron chi connectivity index (χ4n) is 3.00. The Labute approximate surface area is 169 Å². The van der Waals surface area contributed by atoms with Gasteiger partial charge in [-0.2, -0.15) is 5.10 Å². The summed E-state index contributed by atoms with van der Waals surface area (Å²) in [7, 11) is 0. The van der Waals surface area contributed by atoms with Gasteiger partial charge in [0.1, 0.15) is 0 Å². The van der Waals surface area contributed by atoms with Gasteiger partial charge in [0.25, 0.3) is 5.69 Å². The molecule has 0 bridgehead atoms. The van der Waals surface area contributed by atoms with Crippen molar-refractivity contribution in [3.8, 4) is 0 Å². The van der Waals surface area contributed by atoms with Crippen molar-refractivity contribution in [2.24, 2.45) is 11.0 Å². The summed E-state index contributed by atoms with van der Waals surface area (Å²) in [6.07, 6.45) is 2.69. The first kappa shape index (κ1) is 19.9. The van der Waals surface area contributed by atoms with E-state index in [1.54, 1.807) is 12.1 Å². The number of hydrogen-bond acceptors (Lipinski definition) is 4. The molecule has 1 amide bonds. The highest BCUT2D eigenvalue weighted by atomic mass is 16.6. The third kappa shape index (κ3) is 6.10. The standard InChI is InChI=1S/C23H21N3O3/c27-23(25-24-17-20-11-13-22(14-12-20)26(28)29)21(15-18-7-3-1-4-8-18)16-19-9-5-2-6-10-19/h1-14,17,21H,15-16H2,(H,25,27). The van der Waals surface area contributed by atoms with Crippen LogP contribution in [0.5, 0.6) is 0 Å². The monoisotopic (exact) mass is 387 g/mol. The second-order valence-corrected chi connectivity index (χ2v) is 6.66. The van der Waals surface area contributed by atoms with Crippen LogP contribution in [0.4, 0.5) is 5.69 Å². The van der Waals surface area contributed by atoms with E-state index >= 15 is 0 Å². The summed E-state index contributed by atoms with van der Waals surface area (Å²) in [6, 6.07) is 25.7. The average Bonchev–Trinajstić information content (AvgIpc) is 2.75. The zero-order valence-corrected chi connectivity index (χ0v) is 15.8. The second kappa shape index (κ2) is 9.94. The molecule has 3 rings (SSSR count). The van der Waals surface area contributed by atoms with Crippen molar-refractivity contribution in [3.63, 3.8) is 0 Å². The number of nitrogens with one attached hydrogen (secondary N) is 1. The molecule has 6 nitrogen and oxygen atoms in total. The molecule has 3 aromatic carbocycles. The van der Waals surface area contributed by atoms with Crippen LogP contribution in [-0.2, 0) is 17.6 Å². The van der Waals surface area contributed by atoms with Crippen molar-refractivity contribution < 1.29 is 9.72 Å². The first-order chi connectivity index (χ1) is 14.1. The van der Waals surface area contributed by atoms with Crippen LogP contribution < -0.4 is 5.43 Å². The molecule has 6 heteroatoms. The molecule has 1 N–H and O–H groups in total. The molecule has 0 atom stereocenters. The van der Waals surface area contributed by atoms with Crippen LogP contribution in [0.25, 0.3) is 0 Å². The van der Waals surface area contributed by atoms with Crippen LogP contribution in [0.15, 0.2) is 90.0 Å². The van der Waals surface area contributed by atoms with Gasteiger partial charge in [0.2, 0.25) is 5.91 Å². The average molecular weight is 387 g/mol. The van der Waals surface area contributed by atoms with Crippen LogP contribution in [0.3, 0.4) is 0 Å². The Hall–Kier alpha value is -3.80. The number of benzene rings is 3. The van der Waals surface area contributed by atoms with E-state index in [2.05, 4.69) is 10.5 Å². The fourth-order valence-corrected chi connectivity index (χ4v) is 3.00. The number of nitro benzene ring substituents is 1. The zero-order valence-electron chi connectivity index (χ0n) is 15.8. The van der Waals surface area contributed by atoms with Gasteiger partial charge < -0.3 is 0 Å². The highest BCUT2D eigenvalue weighted by Gasteiger charge is 2.19. The first-order valence-corrected chi connectivity index (χ1v) is 9.27. The summed E-state index contributed by atoms with van der Waals surface area (Å²) in [6.45, 7) is 0. The number of non-ortho nitro benzene ring substituents is 1. The van der Waals surface area contributed by atoms with Gasteiger partial charge in [-0.3, -0.25) is 14.9 Å². The molecule has 0 aromatic heterocycles. The molecular formula is C23H21N3O3. The fraction of sp³-hybridized carbons (Fsp3) is 0.130. The second-order valence-electron chi connectivity index (χ2n) is 6.66. The Kier molecular flexibility index (Phi) is 6.84. The summed E-state index contributed by atoms with van der Waals surface area (Å²) in [5.41, 5.74) is 5.45. The molecule has 0 unspecified atom stereocenters. The highest BCUT2D eigenvalue weighted by Crippen LogP contribution is 2.15. The number of nitrogens with zero attached hydrogens (tertiary/aromatic N) is 2. The lowest BCUT2D eigenvalue weighted by Gasteiger charge is -2.15. The van der Waals surface area contributed by atoms with Crippen molar-refractivity contribution in [3.05, 3.63) is 112 Å². The zero-order chi connectivity index (χ0) is 20.5. The van der Waals surface area contributed by atoms with Crippen molar-refractivity contribution in [2.45, 2.75) is 12.8 Å². The number of hydrogen-bond donors (Lipinski definition) is 1. The van der Waals surface area contributed by atoms with Crippen molar-refractivity contribution in [2.75, 3.05) is 0 Å². The van der Waals surface area contributed by atoms with Crippen molar-refractivity contribution >= 4 is 17.8 Å². The molecule has 146 valence electrons. The number of carbonyl (C=O) groups is 1. The summed E-state index contributed by atoms with van der Waals surface area (Å²) in [5, 5.41) is 14.7. The van der Waals surface area contributed by atoms with Crippen molar-refractivity contribution in [1.29, 1.82) is 0 Å². The van der Waals surface area contributed by atoms with Crippen LogP contribution in [0, 0.1) is 16.0 Å². The molecule has 3 aromatic rings. The van der Waals surface area contributed by atoms with Gasteiger partial charge in [0.05, 0.1) is 11.1 Å². The minimum Gasteiger partial charge on any atom is -0.273 e. The van der Waals surface area contributed by atoms with Gasteiger partial charge in [-0.05, 0) is 41.7 Å². The Morgan fingerprint density at radius 2 is 1.41 bits per heavy atom. The van der Waals surface area contributed by atoms with Gasteiger partial charge in [0.15, 0.2) is 0 Å². The van der Waals surface area contributed by atoms with E-state index in [-0.39, 0.29) is 17.5 Å². The van der Waals surface area contributed by atoms with E-state index in [9.17, 15) is 14.9 Å². The minimum atomic E-state index is -0.458. The van der Waals surface area contributed by atoms with E-state index in [4.69, 9.17) is 0 Å². The van der Waals surface area contributed by atoms with Crippen LogP contribution >= 0.6 is 0 Å². The van der Waals surface area contributed by atoms with E-state index in [1.165, 1.54) is 18.3 Å². The number of amides is 1. The Morgan fingerprint density at radius 3 is 1.90 bits per heavy atom. The summed E-state index contributed by atoms with van der Waals surface area (Å²) in [4.78, 5) is 23.0. The van der Waals surface area contributed by atoms with E-state index in [0.717, 1.165) is 11.1 Å². The predicted molar refractivity (Wildman–Crippen MR) is 113 cm³/mol. The molecular weight excluding hydrogens is 366 g/mol. The number of rotatable bonds is 8. The minimum absolute atomic E-state index is 0.0111. The molecule has 0 radical (unpaired) electrons. The summed E-state index contributed by atoms with van der Waals surface area (Å²) >= 11 is 0. The van der Waals surface area contributed by atoms with E-state index < -0.39 is 4.92 Å². The van der Waals surface area contributed by atoms with E-state index in [0.29, 0.717) is 18.4 Å². The molecule has 0 saturated heterocycles. The lowest BCUT2D eigenvalue weighted by Crippen LogP contribution is -2.30. The molecule has 0 aliphatic rings. The molecule has 0 spiro atoms. The lowest BCUT2D eigenvalue weighted by atomic mass is 9.92. The smallest absolute Gasteiger partial charge is 0.269 e. The molecule has 29 heavy (non-hydrogen) atoms. The van der Waals surface area contributed by atoms with Gasteiger partial charge in [-0.1, -0.05) is 60.7 Å². The van der Waals surface area contributed by atoms with Crippen LogP contribution in [-0.4, -0.2) is 17.0 Å². The van der Waals surface area contributed by atoms with E-state index in [1.807, 2.05) is 60.7 Å². The maximum atomic E-state index is 12.8. The largest absolute Gasteiger partial charge is 0.273 e. The van der Waals surface area contributed by atoms with Gasteiger partial charge >= 0.3 is 0 Å². The lowest BCUT2D eigenvalue weighted by molar-refractivity contribution is -0.384. The highest BCUT2D eigenvalue weighted by molar-refractivity contribution is 5.83. The molecule has 0 aliphatic heterocycles. The van der Waals surface area contributed by atoms with Gasteiger partial charge in [-0.25, -0.2) is 5.43 Å². The third-order valence-corrected chi connectivity index (χ3v) is 4.51. The topological polar surface area (TPSA) is 84.6 Å². The summed E-state index contributed by atoms with van der Waals surface area (Å²) in [5.74, 6) is -0.440. The maximum Gasteiger partial charge on any atom is 0.269 e. The molecule has 0 aliphatic carbocycles. The van der Waals surface area contributed by atoms with Gasteiger partial charge in [-0.15, -0.1) is 0 Å². The Bertz CT molecular complexity index is 930. The quantitative estimate of drug-likeness (QED) is 0.358. The predicted octanol–water partition coefficient (Wildman–Crippen LogP) is 4.15. The summed E-state index contributed by atoms with van der Waals surface area (Å²) < 4.78 is 0. The Balaban J connectivity index is 1.67. The normalized spacial score (nSPS) is 10.9. The maximum absolute atomic E-state index is 12.8. The molecule has 0 saturated carbocycles. The van der Waals surface area contributed by atoms with Crippen LogP contribution in [0.1, 0.15) is 16.7 Å². The third-order valence-electron chi connectivity index (χ3n) is 4.51. The van der Waals surface area contributed by atoms with Gasteiger partial charge in [0, 0.05) is 18.1 Å². The molecule has 0 heterocycles. The number of nitro groups is 1. The SMILES string of the molecule is O=C(NN=Cc1ccc([N+](=O)[O-])cc1)C(Cc1ccccc1)Cc1ccccc1. The van der Waals surface area contributed by atoms with Crippen molar-refractivity contribution in [1.82, 2.24) is 5.43 Å². The number of carbonyl (C=O) groups excluding carboxylic acids is 1. The number of hydrazone groups is 1. The van der Waals surface area contributed by atoms with Crippen LogP contribution in [0.2, 0.25) is 0 Å². The molecule has 0 fully saturated rings. The first-order valence-electron chi connectivity index (χ1n) is 9.27.